The lowest BCUT2D eigenvalue weighted by Gasteiger charge is -2.11. The van der Waals surface area contributed by atoms with Crippen molar-refractivity contribution in [3.63, 3.8) is 0 Å². The van der Waals surface area contributed by atoms with Crippen LogP contribution in [0.2, 0.25) is 0 Å². The highest BCUT2D eigenvalue weighted by Crippen LogP contribution is 2.26. The number of nitrogens with one attached hydrogen (secondary N) is 1. The normalized spacial score (nSPS) is 11.0. The minimum Gasteiger partial charge on any atom is -0.377 e. The van der Waals surface area contributed by atoms with Gasteiger partial charge >= 0.3 is 0 Å². The molecule has 0 spiro atoms. The average molecular weight is 388 g/mol. The molecule has 0 aliphatic heterocycles. The Hall–Kier alpha value is -0.880. The molecule has 0 saturated heterocycles. The largest absolute Gasteiger partial charge is 0.377 e. The van der Waals surface area contributed by atoms with Crippen LogP contribution in [0.5, 0.6) is 0 Å². The Labute approximate surface area is 129 Å². The molecule has 19 heavy (non-hydrogen) atoms. The minimum atomic E-state index is 0.555. The molecule has 1 aromatic heterocycles. The number of nitrogens with zero attached hydrogens (tertiary/aromatic N) is 3. The molecule has 4 nitrogen and oxygen atoms in total. The van der Waals surface area contributed by atoms with E-state index in [2.05, 4.69) is 61.1 Å². The molecule has 0 atom stereocenters. The predicted molar refractivity (Wildman–Crippen MR) is 84.0 cm³/mol. The van der Waals surface area contributed by atoms with Crippen LogP contribution in [0.3, 0.4) is 0 Å². The van der Waals surface area contributed by atoms with E-state index in [4.69, 9.17) is 0 Å². The van der Waals surface area contributed by atoms with E-state index in [0.29, 0.717) is 12.5 Å². The van der Waals surface area contributed by atoms with Crippen LogP contribution in [-0.2, 0) is 13.1 Å². The first kappa shape index (κ1) is 14.5. The van der Waals surface area contributed by atoms with Gasteiger partial charge in [-0.15, -0.1) is 0 Å². The molecular formula is C13H16Br2N4. The topological polar surface area (TPSA) is 42.7 Å². The first-order valence-electron chi connectivity index (χ1n) is 6.12. The zero-order valence-electron chi connectivity index (χ0n) is 10.9. The lowest BCUT2D eigenvalue weighted by Crippen LogP contribution is -2.13. The van der Waals surface area contributed by atoms with E-state index in [1.807, 2.05) is 22.9 Å². The molecule has 0 saturated carbocycles. The van der Waals surface area contributed by atoms with Gasteiger partial charge in [0, 0.05) is 21.2 Å². The Morgan fingerprint density at radius 1 is 1.32 bits per heavy atom. The lowest BCUT2D eigenvalue weighted by atomic mass is 10.2. The molecule has 0 amide bonds. The fourth-order valence-corrected chi connectivity index (χ4v) is 2.92. The highest BCUT2D eigenvalue weighted by Gasteiger charge is 2.07. The van der Waals surface area contributed by atoms with E-state index in [1.54, 1.807) is 6.33 Å². The van der Waals surface area contributed by atoms with Crippen molar-refractivity contribution in [3.05, 3.63) is 39.3 Å². The summed E-state index contributed by atoms with van der Waals surface area (Å²) in [7, 11) is 0. The van der Waals surface area contributed by atoms with Crippen molar-refractivity contribution in [2.75, 3.05) is 5.32 Å². The summed E-state index contributed by atoms with van der Waals surface area (Å²) in [5.74, 6) is 1.50. The van der Waals surface area contributed by atoms with Gasteiger partial charge in [-0.05, 0) is 40.0 Å². The SMILES string of the molecule is CC(C)Cn1ncnc1CNc1ccc(Br)cc1Br. The van der Waals surface area contributed by atoms with E-state index < -0.39 is 0 Å². The Balaban J connectivity index is 2.04. The van der Waals surface area contributed by atoms with Crippen LogP contribution in [0, 0.1) is 5.92 Å². The second kappa shape index (κ2) is 6.52. The molecule has 1 heterocycles. The summed E-state index contributed by atoms with van der Waals surface area (Å²) in [6.07, 6.45) is 1.61. The number of hydrogen-bond acceptors (Lipinski definition) is 3. The highest BCUT2D eigenvalue weighted by molar-refractivity contribution is 9.11. The van der Waals surface area contributed by atoms with Gasteiger partial charge in [0.2, 0.25) is 0 Å². The first-order valence-corrected chi connectivity index (χ1v) is 7.70. The second-order valence-electron chi connectivity index (χ2n) is 4.73. The highest BCUT2D eigenvalue weighted by atomic mass is 79.9. The van der Waals surface area contributed by atoms with E-state index in [0.717, 1.165) is 27.0 Å². The van der Waals surface area contributed by atoms with Gasteiger partial charge in [-0.1, -0.05) is 29.8 Å². The maximum absolute atomic E-state index is 4.30. The molecule has 0 radical (unpaired) electrons. The smallest absolute Gasteiger partial charge is 0.146 e. The summed E-state index contributed by atoms with van der Waals surface area (Å²) >= 11 is 6.98. The van der Waals surface area contributed by atoms with Gasteiger partial charge in [-0.3, -0.25) is 0 Å². The van der Waals surface area contributed by atoms with Gasteiger partial charge in [0.05, 0.1) is 6.54 Å². The molecule has 6 heteroatoms. The zero-order valence-corrected chi connectivity index (χ0v) is 14.1. The van der Waals surface area contributed by atoms with Crippen LogP contribution < -0.4 is 5.32 Å². The van der Waals surface area contributed by atoms with Crippen LogP contribution in [0.4, 0.5) is 5.69 Å². The fraction of sp³-hybridized carbons (Fsp3) is 0.385. The van der Waals surface area contributed by atoms with E-state index in [-0.39, 0.29) is 0 Å². The Morgan fingerprint density at radius 2 is 2.11 bits per heavy atom. The average Bonchev–Trinajstić information content (AvgIpc) is 2.74. The quantitative estimate of drug-likeness (QED) is 0.840. The predicted octanol–water partition coefficient (Wildman–Crippen LogP) is 4.07. The summed E-state index contributed by atoms with van der Waals surface area (Å²) < 4.78 is 4.02. The van der Waals surface area contributed by atoms with Crippen molar-refractivity contribution in [1.82, 2.24) is 14.8 Å². The van der Waals surface area contributed by atoms with Crippen LogP contribution in [0.25, 0.3) is 0 Å². The summed E-state index contributed by atoms with van der Waals surface area (Å²) in [4.78, 5) is 4.30. The minimum absolute atomic E-state index is 0.555. The summed E-state index contributed by atoms with van der Waals surface area (Å²) in [5.41, 5.74) is 1.04. The standard InChI is InChI=1S/C13H16Br2N4/c1-9(2)7-19-13(17-8-18-19)6-16-12-4-3-10(14)5-11(12)15/h3-5,8-9,16H,6-7H2,1-2H3. The molecule has 0 unspecified atom stereocenters. The number of anilines is 1. The monoisotopic (exact) mass is 386 g/mol. The maximum Gasteiger partial charge on any atom is 0.146 e. The van der Waals surface area contributed by atoms with Crippen molar-refractivity contribution >= 4 is 37.5 Å². The molecule has 1 aromatic carbocycles. The summed E-state index contributed by atoms with van der Waals surface area (Å²) in [6, 6.07) is 6.05. The summed E-state index contributed by atoms with van der Waals surface area (Å²) in [6.45, 7) is 5.89. The van der Waals surface area contributed by atoms with Gasteiger partial charge in [0.1, 0.15) is 12.2 Å². The number of halogens is 2. The van der Waals surface area contributed by atoms with Crippen LogP contribution in [-0.4, -0.2) is 14.8 Å². The number of aromatic nitrogens is 3. The maximum atomic E-state index is 4.30. The second-order valence-corrected chi connectivity index (χ2v) is 6.50. The fourth-order valence-electron chi connectivity index (χ4n) is 1.73. The molecule has 2 aromatic rings. The first-order chi connectivity index (χ1) is 9.06. The van der Waals surface area contributed by atoms with E-state index in [9.17, 15) is 0 Å². The molecular weight excluding hydrogens is 372 g/mol. The third kappa shape index (κ3) is 4.04. The lowest BCUT2D eigenvalue weighted by molar-refractivity contribution is 0.468. The number of hydrogen-bond donors (Lipinski definition) is 1. The van der Waals surface area contributed by atoms with E-state index in [1.165, 1.54) is 0 Å². The molecule has 0 fully saturated rings. The third-order valence-corrected chi connectivity index (χ3v) is 3.75. The van der Waals surface area contributed by atoms with Gasteiger partial charge in [-0.2, -0.15) is 5.10 Å². The van der Waals surface area contributed by atoms with Gasteiger partial charge in [0.15, 0.2) is 0 Å². The molecule has 0 aliphatic carbocycles. The summed E-state index contributed by atoms with van der Waals surface area (Å²) in [5, 5.41) is 7.62. The number of rotatable bonds is 5. The van der Waals surface area contributed by atoms with Gasteiger partial charge in [-0.25, -0.2) is 9.67 Å². The van der Waals surface area contributed by atoms with Crippen LogP contribution in [0.15, 0.2) is 33.5 Å². The Kier molecular flexibility index (Phi) is 4.99. The number of benzene rings is 1. The van der Waals surface area contributed by atoms with Gasteiger partial charge in [0.25, 0.3) is 0 Å². The molecule has 0 bridgehead atoms. The Bertz CT molecular complexity index is 551. The third-order valence-electron chi connectivity index (χ3n) is 2.60. The van der Waals surface area contributed by atoms with Crippen LogP contribution in [0.1, 0.15) is 19.7 Å². The van der Waals surface area contributed by atoms with Crippen molar-refractivity contribution in [2.45, 2.75) is 26.9 Å². The van der Waals surface area contributed by atoms with Crippen molar-refractivity contribution in [1.29, 1.82) is 0 Å². The van der Waals surface area contributed by atoms with Gasteiger partial charge < -0.3 is 5.32 Å². The van der Waals surface area contributed by atoms with Crippen molar-refractivity contribution < 1.29 is 0 Å². The van der Waals surface area contributed by atoms with Crippen LogP contribution >= 0.6 is 31.9 Å². The zero-order chi connectivity index (χ0) is 13.8. The molecule has 102 valence electrons. The van der Waals surface area contributed by atoms with E-state index >= 15 is 0 Å². The van der Waals surface area contributed by atoms with Crippen molar-refractivity contribution in [3.8, 4) is 0 Å². The molecule has 0 aliphatic rings. The molecule has 1 N–H and O–H groups in total. The van der Waals surface area contributed by atoms with Crippen molar-refractivity contribution in [2.24, 2.45) is 5.92 Å². The molecule has 2 rings (SSSR count). The Morgan fingerprint density at radius 3 is 2.79 bits per heavy atom.